The van der Waals surface area contributed by atoms with Crippen molar-refractivity contribution in [2.75, 3.05) is 46.8 Å². The van der Waals surface area contributed by atoms with Crippen molar-refractivity contribution >= 4 is 11.9 Å². The Balaban J connectivity index is 1.65. The van der Waals surface area contributed by atoms with Crippen molar-refractivity contribution in [3.8, 4) is 0 Å². The fourth-order valence-corrected chi connectivity index (χ4v) is 4.56. The molecule has 2 unspecified atom stereocenters. The summed E-state index contributed by atoms with van der Waals surface area (Å²) < 4.78 is 0. The number of likely N-dealkylation sites (N-methyl/N-ethyl adjacent to an activating group) is 1. The number of hydrogen-bond acceptors (Lipinski definition) is 3. The predicted molar refractivity (Wildman–Crippen MR) is 123 cm³/mol. The number of likely N-dealkylation sites (tertiary alicyclic amines) is 2. The van der Waals surface area contributed by atoms with Crippen LogP contribution in [0.15, 0.2) is 35.3 Å². The summed E-state index contributed by atoms with van der Waals surface area (Å²) in [6, 6.07) is 11.5. The summed E-state index contributed by atoms with van der Waals surface area (Å²) in [5.74, 6) is 2.14. The molecule has 0 aliphatic carbocycles. The Hall–Kier alpha value is -2.08. The molecule has 2 aliphatic rings. The van der Waals surface area contributed by atoms with Gasteiger partial charge in [-0.2, -0.15) is 0 Å². The molecule has 0 spiro atoms. The Bertz CT molecular complexity index is 703. The van der Waals surface area contributed by atoms with E-state index in [9.17, 15) is 4.79 Å². The molecule has 2 aliphatic heterocycles. The van der Waals surface area contributed by atoms with Gasteiger partial charge in [-0.25, -0.2) is 4.99 Å². The molecule has 2 heterocycles. The highest BCUT2D eigenvalue weighted by Gasteiger charge is 2.36. The largest absolute Gasteiger partial charge is 0.356 e. The zero-order valence-corrected chi connectivity index (χ0v) is 19.2. The fraction of sp³-hybridized carbons (Fsp3) is 0.667. The number of nitrogens with zero attached hydrogens (tertiary/aromatic N) is 4. The lowest BCUT2D eigenvalue weighted by molar-refractivity contribution is -0.127. The van der Waals surface area contributed by atoms with Crippen molar-refractivity contribution in [3.63, 3.8) is 0 Å². The van der Waals surface area contributed by atoms with Gasteiger partial charge in [-0.3, -0.25) is 9.69 Å². The third kappa shape index (κ3) is 6.21. The molecule has 1 aromatic rings. The van der Waals surface area contributed by atoms with Crippen LogP contribution in [0.5, 0.6) is 0 Å². The predicted octanol–water partition coefficient (Wildman–Crippen LogP) is 2.66. The molecule has 2 atom stereocenters. The topological polar surface area (TPSA) is 51.2 Å². The first-order valence-corrected chi connectivity index (χ1v) is 11.5. The van der Waals surface area contributed by atoms with Gasteiger partial charge in [0.2, 0.25) is 5.91 Å². The summed E-state index contributed by atoms with van der Waals surface area (Å²) in [7, 11) is 3.57. The standard InChI is InChI=1S/C24H39N5O/c1-19(2)15-25-24(26-16-23(30)27(3)4)29-14-12-22-21(18-29)11-8-13-28(22)17-20-9-6-5-7-10-20/h5-7,9-10,19,21-22H,8,11-18H2,1-4H3,(H,25,26). The van der Waals surface area contributed by atoms with Crippen LogP contribution in [-0.4, -0.2) is 79.4 Å². The fourth-order valence-electron chi connectivity index (χ4n) is 4.56. The molecule has 0 aromatic heterocycles. The smallest absolute Gasteiger partial charge is 0.243 e. The van der Waals surface area contributed by atoms with Crippen molar-refractivity contribution in [3.05, 3.63) is 35.9 Å². The van der Waals surface area contributed by atoms with Gasteiger partial charge in [0.05, 0.1) is 0 Å². The van der Waals surface area contributed by atoms with E-state index in [-0.39, 0.29) is 12.5 Å². The lowest BCUT2D eigenvalue weighted by Gasteiger charge is -2.48. The molecule has 166 valence electrons. The number of guanidine groups is 1. The molecule has 1 N–H and O–H groups in total. The number of hydrogen-bond donors (Lipinski definition) is 1. The zero-order chi connectivity index (χ0) is 21.5. The quantitative estimate of drug-likeness (QED) is 0.575. The van der Waals surface area contributed by atoms with E-state index in [1.165, 1.54) is 24.9 Å². The van der Waals surface area contributed by atoms with Crippen LogP contribution < -0.4 is 5.32 Å². The van der Waals surface area contributed by atoms with Crippen molar-refractivity contribution in [1.82, 2.24) is 20.0 Å². The minimum absolute atomic E-state index is 0.0421. The average Bonchev–Trinajstić information content (AvgIpc) is 2.74. The Kier molecular flexibility index (Phi) is 8.14. The van der Waals surface area contributed by atoms with Gasteiger partial charge >= 0.3 is 0 Å². The first kappa shape index (κ1) is 22.6. The number of carbonyl (C=O) groups is 1. The zero-order valence-electron chi connectivity index (χ0n) is 19.2. The van der Waals surface area contributed by atoms with Gasteiger partial charge < -0.3 is 15.1 Å². The third-order valence-electron chi connectivity index (χ3n) is 6.24. The Morgan fingerprint density at radius 2 is 1.97 bits per heavy atom. The minimum atomic E-state index is 0.0421. The van der Waals surface area contributed by atoms with Crippen LogP contribution in [0.1, 0.15) is 38.7 Å². The van der Waals surface area contributed by atoms with Gasteiger partial charge in [-0.15, -0.1) is 0 Å². The van der Waals surface area contributed by atoms with Crippen molar-refractivity contribution < 1.29 is 4.79 Å². The molecule has 0 radical (unpaired) electrons. The number of fused-ring (bicyclic) bond motifs is 1. The highest BCUT2D eigenvalue weighted by molar-refractivity contribution is 5.85. The van der Waals surface area contributed by atoms with Crippen molar-refractivity contribution in [2.45, 2.75) is 45.7 Å². The molecule has 3 rings (SSSR count). The first-order chi connectivity index (χ1) is 14.4. The van der Waals surface area contributed by atoms with Crippen LogP contribution in [0, 0.1) is 11.8 Å². The second-order valence-electron chi connectivity index (χ2n) is 9.36. The number of aliphatic imine (C=N–C) groups is 1. The lowest BCUT2D eigenvalue weighted by atomic mass is 9.83. The van der Waals surface area contributed by atoms with Crippen LogP contribution in [0.4, 0.5) is 0 Å². The van der Waals surface area contributed by atoms with Gasteiger partial charge in [-0.05, 0) is 43.2 Å². The second-order valence-corrected chi connectivity index (χ2v) is 9.36. The molecule has 1 amide bonds. The third-order valence-corrected chi connectivity index (χ3v) is 6.24. The summed E-state index contributed by atoms with van der Waals surface area (Å²) in [5, 5.41) is 3.52. The molecule has 2 fully saturated rings. The van der Waals surface area contributed by atoms with Gasteiger partial charge in [0.15, 0.2) is 5.96 Å². The highest BCUT2D eigenvalue weighted by Crippen LogP contribution is 2.31. The van der Waals surface area contributed by atoms with Gasteiger partial charge in [-0.1, -0.05) is 44.2 Å². The molecule has 6 nitrogen and oxygen atoms in total. The van der Waals surface area contributed by atoms with Gasteiger partial charge in [0.1, 0.15) is 6.54 Å². The van der Waals surface area contributed by atoms with E-state index in [4.69, 9.17) is 4.99 Å². The second kappa shape index (κ2) is 10.8. The number of rotatable bonds is 6. The molecule has 0 bridgehead atoms. The number of piperidine rings is 2. The van der Waals surface area contributed by atoms with Crippen molar-refractivity contribution in [2.24, 2.45) is 16.8 Å². The average molecular weight is 414 g/mol. The van der Waals surface area contributed by atoms with E-state index < -0.39 is 0 Å². The Labute approximate surface area is 182 Å². The van der Waals surface area contributed by atoms with Crippen LogP contribution in [-0.2, 0) is 11.3 Å². The molecule has 1 aromatic carbocycles. The van der Waals surface area contributed by atoms with E-state index in [0.717, 1.165) is 38.6 Å². The van der Waals surface area contributed by atoms with Crippen LogP contribution in [0.3, 0.4) is 0 Å². The van der Waals surface area contributed by atoms with E-state index in [1.807, 2.05) is 0 Å². The molecule has 6 heteroatoms. The monoisotopic (exact) mass is 413 g/mol. The van der Waals surface area contributed by atoms with E-state index in [1.54, 1.807) is 19.0 Å². The van der Waals surface area contributed by atoms with E-state index in [2.05, 4.69) is 59.3 Å². The van der Waals surface area contributed by atoms with Crippen LogP contribution >= 0.6 is 0 Å². The maximum absolute atomic E-state index is 12.1. The normalized spacial score (nSPS) is 22.7. The van der Waals surface area contributed by atoms with E-state index >= 15 is 0 Å². The van der Waals surface area contributed by atoms with Gasteiger partial charge in [0, 0.05) is 46.3 Å². The SMILES string of the molecule is CC(C)CNC(=NCC(=O)N(C)C)N1CCC2C(CCCN2Cc2ccccc2)C1. The highest BCUT2D eigenvalue weighted by atomic mass is 16.2. The summed E-state index contributed by atoms with van der Waals surface area (Å²) >= 11 is 0. The van der Waals surface area contributed by atoms with Crippen LogP contribution in [0.2, 0.25) is 0 Å². The maximum Gasteiger partial charge on any atom is 0.243 e. The minimum Gasteiger partial charge on any atom is -0.356 e. The molecule has 2 saturated heterocycles. The van der Waals surface area contributed by atoms with Gasteiger partial charge in [0.25, 0.3) is 0 Å². The summed E-state index contributed by atoms with van der Waals surface area (Å²) in [6.07, 6.45) is 3.69. The Morgan fingerprint density at radius 3 is 2.67 bits per heavy atom. The first-order valence-electron chi connectivity index (χ1n) is 11.5. The number of benzene rings is 1. The molecule has 30 heavy (non-hydrogen) atoms. The molecular formula is C24H39N5O. The number of nitrogens with one attached hydrogen (secondary N) is 1. The Morgan fingerprint density at radius 1 is 1.20 bits per heavy atom. The maximum atomic E-state index is 12.1. The lowest BCUT2D eigenvalue weighted by Crippen LogP contribution is -2.57. The summed E-state index contributed by atoms with van der Waals surface area (Å²) in [6.45, 7) is 9.74. The summed E-state index contributed by atoms with van der Waals surface area (Å²) in [4.78, 5) is 23.5. The number of carbonyl (C=O) groups excluding carboxylic acids is 1. The van der Waals surface area contributed by atoms with Crippen molar-refractivity contribution in [1.29, 1.82) is 0 Å². The van der Waals surface area contributed by atoms with E-state index in [0.29, 0.717) is 17.9 Å². The molecule has 0 saturated carbocycles. The summed E-state index contributed by atoms with van der Waals surface area (Å²) in [5.41, 5.74) is 1.41. The molecular weight excluding hydrogens is 374 g/mol. The van der Waals surface area contributed by atoms with Crippen LogP contribution in [0.25, 0.3) is 0 Å². The number of amides is 1.